The van der Waals surface area contributed by atoms with E-state index < -0.39 is 0 Å². The van der Waals surface area contributed by atoms with Crippen LogP contribution < -0.4 is 10.2 Å². The lowest BCUT2D eigenvalue weighted by Gasteiger charge is -2.29. The van der Waals surface area contributed by atoms with Crippen molar-refractivity contribution in [3.8, 4) is 0 Å². The molecule has 0 spiro atoms. The van der Waals surface area contributed by atoms with E-state index >= 15 is 0 Å². The minimum absolute atomic E-state index is 0.406. The number of hydrogen-bond donors (Lipinski definition) is 1. The number of hydrogen-bond acceptors (Lipinski definition) is 2. The molecule has 106 valence electrons. The van der Waals surface area contributed by atoms with Crippen LogP contribution in [0.5, 0.6) is 0 Å². The predicted octanol–water partition coefficient (Wildman–Crippen LogP) is 3.98. The second-order valence-electron chi connectivity index (χ2n) is 6.84. The molecule has 1 heterocycles. The Labute approximate surface area is 118 Å². The number of para-hydroxylation sites is 1. The summed E-state index contributed by atoms with van der Waals surface area (Å²) < 4.78 is 0. The Morgan fingerprint density at radius 2 is 2.00 bits per heavy atom. The average Bonchev–Trinajstić information content (AvgIpc) is 2.54. The molecule has 0 radical (unpaired) electrons. The van der Waals surface area contributed by atoms with Crippen LogP contribution in [0.1, 0.15) is 51.6 Å². The summed E-state index contributed by atoms with van der Waals surface area (Å²) in [4.78, 5) is 2.58. The molecule has 2 nitrogen and oxygen atoms in total. The van der Waals surface area contributed by atoms with Crippen LogP contribution in [0.25, 0.3) is 0 Å². The molecule has 0 aliphatic carbocycles. The van der Waals surface area contributed by atoms with Gasteiger partial charge in [0.25, 0.3) is 0 Å². The maximum absolute atomic E-state index is 3.47. The van der Waals surface area contributed by atoms with Crippen molar-refractivity contribution >= 4 is 5.69 Å². The van der Waals surface area contributed by atoms with Gasteiger partial charge >= 0.3 is 0 Å². The van der Waals surface area contributed by atoms with Crippen molar-refractivity contribution in [2.24, 2.45) is 5.41 Å². The summed E-state index contributed by atoms with van der Waals surface area (Å²) in [7, 11) is 2.08. The summed E-state index contributed by atoms with van der Waals surface area (Å²) >= 11 is 0. The van der Waals surface area contributed by atoms with Gasteiger partial charge in [-0.1, -0.05) is 39.0 Å². The molecule has 1 unspecified atom stereocenters. The molecule has 0 saturated heterocycles. The van der Waals surface area contributed by atoms with Crippen LogP contribution in [0.15, 0.2) is 24.3 Å². The maximum Gasteiger partial charge on any atom is 0.0414 e. The standard InChI is InChI=1S/C17H28N2/c1-17(2,3)11-13-19-12-7-9-15(18-4)14-8-5-6-10-16(14)19/h5-6,8,10,15,18H,7,9,11-13H2,1-4H3. The molecule has 2 heteroatoms. The summed E-state index contributed by atoms with van der Waals surface area (Å²) in [5, 5.41) is 3.47. The fourth-order valence-electron chi connectivity index (χ4n) is 2.83. The third-order valence-corrected chi connectivity index (χ3v) is 4.05. The van der Waals surface area contributed by atoms with Gasteiger partial charge in [0.15, 0.2) is 0 Å². The molecule has 1 atom stereocenters. The van der Waals surface area contributed by atoms with E-state index in [2.05, 4.69) is 62.3 Å². The normalized spacial score (nSPS) is 20.0. The molecule has 1 aromatic carbocycles. The van der Waals surface area contributed by atoms with Crippen molar-refractivity contribution in [3.05, 3.63) is 29.8 Å². The third kappa shape index (κ3) is 3.73. The number of benzene rings is 1. The van der Waals surface area contributed by atoms with E-state index in [1.165, 1.54) is 37.1 Å². The van der Waals surface area contributed by atoms with E-state index in [-0.39, 0.29) is 0 Å². The Hall–Kier alpha value is -1.02. The van der Waals surface area contributed by atoms with Crippen molar-refractivity contribution < 1.29 is 0 Å². The van der Waals surface area contributed by atoms with Gasteiger partial charge in [-0.15, -0.1) is 0 Å². The van der Waals surface area contributed by atoms with Gasteiger partial charge in [0.05, 0.1) is 0 Å². The van der Waals surface area contributed by atoms with Crippen LogP contribution in [0.3, 0.4) is 0 Å². The van der Waals surface area contributed by atoms with Gasteiger partial charge in [-0.3, -0.25) is 0 Å². The van der Waals surface area contributed by atoms with Crippen molar-refractivity contribution in [1.29, 1.82) is 0 Å². The zero-order valence-corrected chi connectivity index (χ0v) is 12.9. The van der Waals surface area contributed by atoms with E-state index in [1.54, 1.807) is 0 Å². The average molecular weight is 260 g/mol. The summed E-state index contributed by atoms with van der Waals surface area (Å²) in [5.41, 5.74) is 3.31. The van der Waals surface area contributed by atoms with Gasteiger partial charge in [-0.2, -0.15) is 0 Å². The molecular weight excluding hydrogens is 232 g/mol. The van der Waals surface area contributed by atoms with Gasteiger partial charge in [0.1, 0.15) is 0 Å². The van der Waals surface area contributed by atoms with Crippen LogP contribution >= 0.6 is 0 Å². The predicted molar refractivity (Wildman–Crippen MR) is 83.8 cm³/mol. The van der Waals surface area contributed by atoms with Crippen LogP contribution in [-0.2, 0) is 0 Å². The molecule has 1 aliphatic rings. The summed E-state index contributed by atoms with van der Waals surface area (Å²) in [5.74, 6) is 0. The minimum atomic E-state index is 0.406. The Bertz CT molecular complexity index is 406. The van der Waals surface area contributed by atoms with E-state index in [9.17, 15) is 0 Å². The monoisotopic (exact) mass is 260 g/mol. The molecule has 1 N–H and O–H groups in total. The lowest BCUT2D eigenvalue weighted by Crippen LogP contribution is -2.28. The van der Waals surface area contributed by atoms with Crippen LogP contribution in [-0.4, -0.2) is 20.1 Å². The molecule has 0 fully saturated rings. The first-order valence-electron chi connectivity index (χ1n) is 7.52. The highest BCUT2D eigenvalue weighted by molar-refractivity contribution is 5.55. The largest absolute Gasteiger partial charge is 0.371 e. The Kier molecular flexibility index (Phi) is 4.51. The first-order valence-corrected chi connectivity index (χ1v) is 7.52. The van der Waals surface area contributed by atoms with Crippen molar-refractivity contribution in [2.45, 2.75) is 46.1 Å². The quantitative estimate of drug-likeness (QED) is 0.884. The molecule has 2 rings (SSSR count). The molecule has 1 aliphatic heterocycles. The summed E-state index contributed by atoms with van der Waals surface area (Å²) in [6, 6.07) is 9.41. The third-order valence-electron chi connectivity index (χ3n) is 4.05. The van der Waals surface area contributed by atoms with E-state index in [0.717, 1.165) is 6.54 Å². The van der Waals surface area contributed by atoms with E-state index in [0.29, 0.717) is 11.5 Å². The SMILES string of the molecule is CNC1CCCN(CCC(C)(C)C)c2ccccc21. The van der Waals surface area contributed by atoms with Gasteiger partial charge in [-0.05, 0) is 43.4 Å². The molecule has 0 amide bonds. The van der Waals surface area contributed by atoms with Gasteiger partial charge in [-0.25, -0.2) is 0 Å². The number of anilines is 1. The number of rotatable bonds is 3. The highest BCUT2D eigenvalue weighted by atomic mass is 15.1. The number of nitrogens with zero attached hydrogens (tertiary/aromatic N) is 1. The molecule has 0 bridgehead atoms. The highest BCUT2D eigenvalue weighted by Crippen LogP contribution is 2.33. The lowest BCUT2D eigenvalue weighted by atomic mass is 9.92. The van der Waals surface area contributed by atoms with Crippen LogP contribution in [0.2, 0.25) is 0 Å². The second-order valence-corrected chi connectivity index (χ2v) is 6.84. The Morgan fingerprint density at radius 1 is 1.26 bits per heavy atom. The molecular formula is C17H28N2. The van der Waals surface area contributed by atoms with Crippen molar-refractivity contribution in [3.63, 3.8) is 0 Å². The minimum Gasteiger partial charge on any atom is -0.371 e. The van der Waals surface area contributed by atoms with Gasteiger partial charge < -0.3 is 10.2 Å². The molecule has 0 aromatic heterocycles. The van der Waals surface area contributed by atoms with Gasteiger partial charge in [0.2, 0.25) is 0 Å². The number of fused-ring (bicyclic) bond motifs is 1. The van der Waals surface area contributed by atoms with Crippen LogP contribution in [0, 0.1) is 5.41 Å². The first kappa shape index (κ1) is 14.4. The van der Waals surface area contributed by atoms with E-state index in [1.807, 2.05) is 0 Å². The molecule has 0 saturated carbocycles. The highest BCUT2D eigenvalue weighted by Gasteiger charge is 2.22. The fourth-order valence-corrected chi connectivity index (χ4v) is 2.83. The topological polar surface area (TPSA) is 15.3 Å². The number of nitrogens with one attached hydrogen (secondary N) is 1. The first-order chi connectivity index (χ1) is 9.01. The fraction of sp³-hybridized carbons (Fsp3) is 0.647. The van der Waals surface area contributed by atoms with Crippen LogP contribution in [0.4, 0.5) is 5.69 Å². The Morgan fingerprint density at radius 3 is 2.68 bits per heavy atom. The zero-order chi connectivity index (χ0) is 13.9. The van der Waals surface area contributed by atoms with Gasteiger partial charge in [0, 0.05) is 24.8 Å². The maximum atomic E-state index is 3.47. The Balaban J connectivity index is 2.20. The smallest absolute Gasteiger partial charge is 0.0414 e. The van der Waals surface area contributed by atoms with Crippen molar-refractivity contribution in [1.82, 2.24) is 5.32 Å². The summed E-state index contributed by atoms with van der Waals surface area (Å²) in [6.07, 6.45) is 3.75. The summed E-state index contributed by atoms with van der Waals surface area (Å²) in [6.45, 7) is 9.33. The molecule has 19 heavy (non-hydrogen) atoms. The van der Waals surface area contributed by atoms with Crippen molar-refractivity contribution in [2.75, 3.05) is 25.0 Å². The molecule has 1 aromatic rings. The lowest BCUT2D eigenvalue weighted by molar-refractivity contribution is 0.378. The second kappa shape index (κ2) is 5.96. The zero-order valence-electron chi connectivity index (χ0n) is 12.9. The van der Waals surface area contributed by atoms with E-state index in [4.69, 9.17) is 0 Å².